The Labute approximate surface area is 259 Å². The monoisotopic (exact) mass is 594 g/mol. The molecule has 0 aromatic heterocycles. The highest BCUT2D eigenvalue weighted by molar-refractivity contribution is 5.75. The highest BCUT2D eigenvalue weighted by atomic mass is 35.5. The average Bonchev–Trinajstić information content (AvgIpc) is 2.88. The molecule has 0 unspecified atom stereocenters. The van der Waals surface area contributed by atoms with E-state index in [0.717, 1.165) is 31.4 Å². The lowest BCUT2D eigenvalue weighted by Crippen LogP contribution is -3.00. The first-order valence-corrected chi connectivity index (χ1v) is 16.5. The summed E-state index contributed by atoms with van der Waals surface area (Å²) < 4.78 is 6.14. The molecule has 41 heavy (non-hydrogen) atoms. The maximum Gasteiger partial charge on any atom is 0.367 e. The van der Waals surface area contributed by atoms with Gasteiger partial charge in [-0.3, -0.25) is 4.79 Å². The lowest BCUT2D eigenvalue weighted by atomic mass is 9.98. The van der Waals surface area contributed by atoms with Gasteiger partial charge in [-0.15, -0.1) is 0 Å². The Kier molecular flexibility index (Phi) is 23.0. The van der Waals surface area contributed by atoms with Crippen LogP contribution in [0.2, 0.25) is 0 Å². The van der Waals surface area contributed by atoms with Crippen LogP contribution in [-0.4, -0.2) is 50.1 Å². The third-order valence-corrected chi connectivity index (χ3v) is 7.92. The van der Waals surface area contributed by atoms with Gasteiger partial charge in [0, 0.05) is 19.4 Å². The number of carbonyl (C=O) groups is 2. The minimum atomic E-state index is -0.223. The molecule has 1 amide bonds. The van der Waals surface area contributed by atoms with Gasteiger partial charge < -0.3 is 26.9 Å². The number of benzene rings is 1. The predicted molar refractivity (Wildman–Crippen MR) is 170 cm³/mol. The largest absolute Gasteiger partial charge is 1.00 e. The first-order valence-electron chi connectivity index (χ1n) is 16.5. The predicted octanol–water partition coefficient (Wildman–Crippen LogP) is 5.87. The van der Waals surface area contributed by atoms with Gasteiger partial charge in [0.15, 0.2) is 6.54 Å². The van der Waals surface area contributed by atoms with Crippen LogP contribution in [0.25, 0.3) is 0 Å². The van der Waals surface area contributed by atoms with Crippen molar-refractivity contribution < 1.29 is 31.2 Å². The number of esters is 1. The van der Waals surface area contributed by atoms with E-state index in [1.54, 1.807) is 0 Å². The SMILES string of the molecule is CCCCCCCCCCCCCCCCCC(=O)NCCC[N+](C)(C)CC(=O)Oc1ccc(C(C)C)c(C)c1.[Cl-]. The minimum absolute atomic E-state index is 0. The van der Waals surface area contributed by atoms with Crippen LogP contribution >= 0.6 is 0 Å². The summed E-state index contributed by atoms with van der Waals surface area (Å²) in [5.74, 6) is 0.987. The van der Waals surface area contributed by atoms with Crippen molar-refractivity contribution in [1.29, 1.82) is 0 Å². The van der Waals surface area contributed by atoms with Gasteiger partial charge in [-0.2, -0.15) is 0 Å². The summed E-state index contributed by atoms with van der Waals surface area (Å²) in [5, 5.41) is 3.05. The summed E-state index contributed by atoms with van der Waals surface area (Å²) in [4.78, 5) is 24.7. The molecule has 1 aromatic rings. The second-order valence-electron chi connectivity index (χ2n) is 12.9. The Morgan fingerprint density at radius 3 is 1.80 bits per heavy atom. The Morgan fingerprint density at radius 1 is 0.805 bits per heavy atom. The Balaban J connectivity index is 0.0000160. The molecule has 5 nitrogen and oxygen atoms in total. The zero-order valence-electron chi connectivity index (χ0n) is 27.5. The molecular weight excluding hydrogens is 532 g/mol. The van der Waals surface area contributed by atoms with Gasteiger partial charge in [0.2, 0.25) is 5.91 Å². The van der Waals surface area contributed by atoms with E-state index in [2.05, 4.69) is 33.0 Å². The van der Waals surface area contributed by atoms with E-state index in [0.29, 0.717) is 35.7 Å². The molecule has 0 fully saturated rings. The number of nitrogens with one attached hydrogen (secondary N) is 1. The van der Waals surface area contributed by atoms with Crippen molar-refractivity contribution in [2.45, 2.75) is 143 Å². The third kappa shape index (κ3) is 20.9. The average molecular weight is 595 g/mol. The molecule has 1 N–H and O–H groups in total. The van der Waals surface area contributed by atoms with Gasteiger partial charge in [-0.25, -0.2) is 4.79 Å². The number of amides is 1. The normalized spacial score (nSPS) is 11.4. The molecule has 0 saturated carbocycles. The lowest BCUT2D eigenvalue weighted by molar-refractivity contribution is -0.883. The van der Waals surface area contributed by atoms with Crippen LogP contribution in [0.5, 0.6) is 5.75 Å². The molecule has 1 rings (SSSR count). The molecule has 0 radical (unpaired) electrons. The van der Waals surface area contributed by atoms with Crippen molar-refractivity contribution in [3.8, 4) is 5.75 Å². The lowest BCUT2D eigenvalue weighted by Gasteiger charge is -2.28. The number of quaternary nitrogens is 1. The van der Waals surface area contributed by atoms with Gasteiger partial charge in [-0.05, 0) is 42.5 Å². The van der Waals surface area contributed by atoms with Crippen molar-refractivity contribution in [3.63, 3.8) is 0 Å². The van der Waals surface area contributed by atoms with E-state index >= 15 is 0 Å². The van der Waals surface area contributed by atoms with Crippen molar-refractivity contribution in [3.05, 3.63) is 29.3 Å². The summed E-state index contributed by atoms with van der Waals surface area (Å²) in [5.41, 5.74) is 2.42. The Morgan fingerprint density at radius 2 is 1.32 bits per heavy atom. The Bertz CT molecular complexity index is 826. The van der Waals surface area contributed by atoms with Crippen LogP contribution in [0.4, 0.5) is 0 Å². The highest BCUT2D eigenvalue weighted by Crippen LogP contribution is 2.23. The number of carbonyl (C=O) groups excluding carboxylic acids is 2. The van der Waals surface area contributed by atoms with Crippen molar-refractivity contribution in [2.75, 3.05) is 33.7 Å². The number of unbranched alkanes of at least 4 members (excludes halogenated alkanes) is 14. The zero-order valence-corrected chi connectivity index (χ0v) is 28.3. The molecule has 0 heterocycles. The zero-order chi connectivity index (χ0) is 29.6. The van der Waals surface area contributed by atoms with Crippen LogP contribution in [0.3, 0.4) is 0 Å². The number of aryl methyl sites for hydroxylation is 1. The molecule has 238 valence electrons. The number of hydrogen-bond acceptors (Lipinski definition) is 3. The van der Waals surface area contributed by atoms with Gasteiger partial charge in [-0.1, -0.05) is 117 Å². The topological polar surface area (TPSA) is 55.4 Å². The number of nitrogens with zero attached hydrogens (tertiary/aromatic N) is 1. The molecule has 0 atom stereocenters. The van der Waals surface area contributed by atoms with Gasteiger partial charge in [0.05, 0.1) is 20.6 Å². The molecule has 0 saturated heterocycles. The smallest absolute Gasteiger partial charge is 0.367 e. The number of likely N-dealkylation sites (N-methyl/N-ethyl adjacent to an activating group) is 1. The highest BCUT2D eigenvalue weighted by Gasteiger charge is 2.21. The van der Waals surface area contributed by atoms with Crippen LogP contribution in [0.1, 0.15) is 147 Å². The molecule has 1 aromatic carbocycles. The van der Waals surface area contributed by atoms with Gasteiger partial charge >= 0.3 is 5.97 Å². The van der Waals surface area contributed by atoms with E-state index in [9.17, 15) is 9.59 Å². The molecule has 0 aliphatic rings. The third-order valence-electron chi connectivity index (χ3n) is 7.92. The van der Waals surface area contributed by atoms with Crippen molar-refractivity contribution in [2.24, 2.45) is 0 Å². The summed E-state index contributed by atoms with van der Waals surface area (Å²) in [6.45, 7) is 10.4. The van der Waals surface area contributed by atoms with E-state index in [4.69, 9.17) is 4.74 Å². The van der Waals surface area contributed by atoms with E-state index in [1.807, 2.05) is 32.3 Å². The molecular formula is C35H63ClN2O3. The molecule has 6 heteroatoms. The fraction of sp³-hybridized carbons (Fsp3) is 0.771. The van der Waals surface area contributed by atoms with Gasteiger partial charge in [0.1, 0.15) is 5.75 Å². The summed E-state index contributed by atoms with van der Waals surface area (Å²) >= 11 is 0. The standard InChI is InChI=1S/C35H62N2O3.ClH/c1-7-8-9-10-11-12-13-14-15-16-17-18-19-20-21-23-34(38)36-26-22-27-37(5,6)29-35(39)40-32-24-25-33(30(2)3)31(4)28-32;/h24-25,28,30H,7-23,26-27,29H2,1-6H3;1H. The van der Waals surface area contributed by atoms with Crippen LogP contribution in [0, 0.1) is 6.92 Å². The number of ether oxygens (including phenoxy) is 1. The number of hydrogen-bond donors (Lipinski definition) is 1. The second-order valence-corrected chi connectivity index (χ2v) is 12.9. The molecule has 0 spiro atoms. The molecule has 0 bridgehead atoms. The van der Waals surface area contributed by atoms with E-state index < -0.39 is 0 Å². The Hall–Kier alpha value is -1.59. The van der Waals surface area contributed by atoms with E-state index in [1.165, 1.54) is 89.0 Å². The fourth-order valence-corrected chi connectivity index (χ4v) is 5.43. The first-order chi connectivity index (χ1) is 19.1. The maximum absolute atomic E-state index is 12.5. The van der Waals surface area contributed by atoms with Crippen molar-refractivity contribution in [1.82, 2.24) is 5.32 Å². The number of halogens is 1. The molecule has 0 aliphatic heterocycles. The van der Waals surface area contributed by atoms with Gasteiger partial charge in [0.25, 0.3) is 0 Å². The van der Waals surface area contributed by atoms with Crippen LogP contribution < -0.4 is 22.5 Å². The maximum atomic E-state index is 12.5. The summed E-state index contributed by atoms with van der Waals surface area (Å²) in [7, 11) is 4.07. The summed E-state index contributed by atoms with van der Waals surface area (Å²) in [6.07, 6.45) is 21.5. The minimum Gasteiger partial charge on any atom is -1.00 e. The van der Waals surface area contributed by atoms with Crippen LogP contribution in [0.15, 0.2) is 18.2 Å². The molecule has 0 aliphatic carbocycles. The number of rotatable bonds is 24. The van der Waals surface area contributed by atoms with E-state index in [-0.39, 0.29) is 24.3 Å². The quantitative estimate of drug-likeness (QED) is 0.0705. The van der Waals surface area contributed by atoms with Crippen LogP contribution in [-0.2, 0) is 9.59 Å². The van der Waals surface area contributed by atoms with Crippen molar-refractivity contribution >= 4 is 11.9 Å². The fourth-order valence-electron chi connectivity index (χ4n) is 5.43. The second kappa shape index (κ2) is 23.9. The summed E-state index contributed by atoms with van der Waals surface area (Å²) in [6, 6.07) is 5.88. The first kappa shape index (κ1) is 39.4.